The fraction of sp³-hybridized carbons (Fsp3) is 0.475. The molecule has 5 rings (SSSR count). The average Bonchev–Trinajstić information content (AvgIpc) is 3.75. The molecule has 0 spiro atoms. The first-order valence-electron chi connectivity index (χ1n) is 18.0. The zero-order valence-electron chi connectivity index (χ0n) is 30.7. The molecule has 1 unspecified atom stereocenters. The van der Waals surface area contributed by atoms with Crippen LogP contribution in [0.1, 0.15) is 142 Å². The van der Waals surface area contributed by atoms with Crippen molar-refractivity contribution in [2.24, 2.45) is 0 Å². The van der Waals surface area contributed by atoms with Crippen molar-refractivity contribution in [1.82, 2.24) is 19.9 Å². The first-order valence-corrected chi connectivity index (χ1v) is 18.0. The third kappa shape index (κ3) is 7.63. The number of H-pyrrole nitrogens is 2. The van der Waals surface area contributed by atoms with E-state index in [-0.39, 0.29) is 41.7 Å². The number of fused-ring (bicyclic) bond motifs is 8. The minimum atomic E-state index is -1.23. The largest absolute Gasteiger partial charge is 0.481 e. The van der Waals surface area contributed by atoms with Crippen LogP contribution in [0.3, 0.4) is 0 Å². The summed E-state index contributed by atoms with van der Waals surface area (Å²) < 4.78 is 6.41. The molecule has 11 nitrogen and oxygen atoms in total. The van der Waals surface area contributed by atoms with E-state index in [9.17, 15) is 29.7 Å². The summed E-state index contributed by atoms with van der Waals surface area (Å²) >= 11 is 0. The molecule has 3 aromatic heterocycles. The maximum Gasteiger partial charge on any atom is 0.338 e. The van der Waals surface area contributed by atoms with Crippen molar-refractivity contribution in [2.75, 3.05) is 6.61 Å². The van der Waals surface area contributed by atoms with Crippen LogP contribution in [0.4, 0.5) is 0 Å². The van der Waals surface area contributed by atoms with Crippen LogP contribution < -0.4 is 0 Å². The zero-order chi connectivity index (χ0) is 37.1. The van der Waals surface area contributed by atoms with Gasteiger partial charge in [-0.1, -0.05) is 40.0 Å². The Kier molecular flexibility index (Phi) is 11.5. The van der Waals surface area contributed by atoms with Gasteiger partial charge in [0.1, 0.15) is 0 Å². The van der Waals surface area contributed by atoms with Crippen molar-refractivity contribution in [3.63, 3.8) is 0 Å². The number of aromatic amines is 2. The summed E-state index contributed by atoms with van der Waals surface area (Å²) in [7, 11) is 0. The maximum atomic E-state index is 12.8. The van der Waals surface area contributed by atoms with Gasteiger partial charge in [0.05, 0.1) is 35.2 Å². The molecular formula is C40H50N4O7. The third-order valence-electron chi connectivity index (χ3n) is 10.5. The Morgan fingerprint density at radius 1 is 0.863 bits per heavy atom. The monoisotopic (exact) mass is 698 g/mol. The molecule has 0 amide bonds. The number of rotatable bonds is 14. The van der Waals surface area contributed by atoms with Gasteiger partial charge in [0, 0.05) is 63.8 Å². The molecule has 5 heterocycles. The standard InChI is InChI=1S/C40H50N4O7/c1-8-10-11-12-15-51-24(7)36-22(5)30-17-29-21(4)26(13-14-34(45)46)38(43-29)27(16-35(47)48)39-37(40(49)50)23(6)31(44-39)18-32-25(9-2)20(3)28(41-32)19-33(36)42-30/h17-19,21,24,26,41-42H,8-16H2,1-7H3,(H,45,46)(H,47,48)(H,49,50)/t21-,24?,26-/m0/s1. The topological polar surface area (TPSA) is 178 Å². The van der Waals surface area contributed by atoms with E-state index in [4.69, 9.17) is 14.7 Å². The molecule has 0 aliphatic carbocycles. The van der Waals surface area contributed by atoms with E-state index in [0.717, 1.165) is 63.6 Å². The van der Waals surface area contributed by atoms with Gasteiger partial charge in [0.25, 0.3) is 0 Å². The van der Waals surface area contributed by atoms with Crippen LogP contribution >= 0.6 is 0 Å². The van der Waals surface area contributed by atoms with Gasteiger partial charge in [0.2, 0.25) is 0 Å². The van der Waals surface area contributed by atoms with E-state index in [2.05, 4.69) is 43.7 Å². The van der Waals surface area contributed by atoms with Crippen molar-refractivity contribution >= 4 is 51.1 Å². The SMILES string of the molecule is CCCCCCOC(C)c1c(C)c2cc3nc(c(CC(=O)O)c4nc(cc5[nH]c(cc1[nH]2)c(C)c5CC)C(C)=C4C(=O)O)[C@@H](CCC(=O)O)[C@@H]3C. The summed E-state index contributed by atoms with van der Waals surface area (Å²) in [5.41, 5.74) is 9.48. The molecule has 0 saturated carbocycles. The van der Waals surface area contributed by atoms with Gasteiger partial charge in [0.15, 0.2) is 0 Å². The summed E-state index contributed by atoms with van der Waals surface area (Å²) in [6.07, 6.45) is 4.42. The first-order chi connectivity index (χ1) is 24.3. The summed E-state index contributed by atoms with van der Waals surface area (Å²) in [5.74, 6) is -4.15. The number of unbranched alkanes of at least 4 members (excludes halogenated alkanes) is 3. The fourth-order valence-corrected chi connectivity index (χ4v) is 7.66. The summed E-state index contributed by atoms with van der Waals surface area (Å²) in [5, 5.41) is 30.2. The molecule has 272 valence electrons. The number of hydrogen-bond donors (Lipinski definition) is 5. The Morgan fingerprint density at radius 2 is 1.57 bits per heavy atom. The van der Waals surface area contributed by atoms with Gasteiger partial charge in [-0.05, 0) is 87.4 Å². The lowest BCUT2D eigenvalue weighted by Gasteiger charge is -2.17. The molecule has 0 saturated heterocycles. The molecule has 51 heavy (non-hydrogen) atoms. The normalized spacial score (nSPS) is 16.5. The average molecular weight is 699 g/mol. The van der Waals surface area contributed by atoms with Crippen molar-refractivity contribution in [2.45, 2.75) is 118 Å². The lowest BCUT2D eigenvalue weighted by molar-refractivity contribution is -0.138. The van der Waals surface area contributed by atoms with E-state index in [1.54, 1.807) is 6.92 Å². The number of carboxylic acids is 3. The number of ether oxygens (including phenoxy) is 1. The van der Waals surface area contributed by atoms with E-state index in [0.29, 0.717) is 35.7 Å². The minimum Gasteiger partial charge on any atom is -0.481 e. The van der Waals surface area contributed by atoms with Crippen LogP contribution in [0.2, 0.25) is 0 Å². The second kappa shape index (κ2) is 15.6. The fourth-order valence-electron chi connectivity index (χ4n) is 7.66. The number of hydrogen-bond acceptors (Lipinski definition) is 6. The molecule has 0 aromatic carbocycles. The molecular weight excluding hydrogens is 648 g/mol. The summed E-state index contributed by atoms with van der Waals surface area (Å²) in [4.78, 5) is 54.0. The van der Waals surface area contributed by atoms with Crippen LogP contribution in [-0.2, 0) is 32.0 Å². The molecule has 11 heteroatoms. The molecule has 0 radical (unpaired) electrons. The highest BCUT2D eigenvalue weighted by molar-refractivity contribution is 6.24. The van der Waals surface area contributed by atoms with E-state index in [1.165, 1.54) is 6.42 Å². The number of carboxylic acid groups (broad SMARTS) is 3. The lowest BCUT2D eigenvalue weighted by Crippen LogP contribution is -2.13. The Morgan fingerprint density at radius 3 is 2.22 bits per heavy atom. The third-order valence-corrected chi connectivity index (χ3v) is 10.5. The van der Waals surface area contributed by atoms with Gasteiger partial charge < -0.3 is 30.0 Å². The summed E-state index contributed by atoms with van der Waals surface area (Å²) in [6.45, 7) is 14.7. The molecule has 5 N–H and O–H groups in total. The quantitative estimate of drug-likeness (QED) is 0.103. The smallest absolute Gasteiger partial charge is 0.338 e. The highest BCUT2D eigenvalue weighted by atomic mass is 16.5. The molecule has 3 aromatic rings. The summed E-state index contributed by atoms with van der Waals surface area (Å²) in [6, 6.07) is 5.88. The Bertz CT molecular complexity index is 2050. The molecule has 0 fully saturated rings. The van der Waals surface area contributed by atoms with Gasteiger partial charge in [-0.25, -0.2) is 9.78 Å². The number of nitrogens with zero attached hydrogens (tertiary/aromatic N) is 2. The van der Waals surface area contributed by atoms with Gasteiger partial charge >= 0.3 is 17.9 Å². The number of nitrogens with one attached hydrogen (secondary N) is 2. The number of aromatic nitrogens is 4. The van der Waals surface area contributed by atoms with Crippen molar-refractivity contribution in [3.05, 3.63) is 68.8 Å². The second-order valence-corrected chi connectivity index (χ2v) is 13.9. The minimum absolute atomic E-state index is 0.0481. The molecule has 8 bridgehead atoms. The molecule has 2 aliphatic rings. The van der Waals surface area contributed by atoms with Gasteiger partial charge in [-0.15, -0.1) is 0 Å². The Balaban J connectivity index is 1.92. The van der Waals surface area contributed by atoms with Crippen molar-refractivity contribution in [1.29, 1.82) is 0 Å². The van der Waals surface area contributed by atoms with Crippen LogP contribution in [0.25, 0.3) is 33.2 Å². The first kappa shape index (κ1) is 37.5. The Labute approximate surface area is 298 Å². The number of carbonyl (C=O) groups is 3. The Hall–Kier alpha value is -4.77. The van der Waals surface area contributed by atoms with E-state index >= 15 is 0 Å². The van der Waals surface area contributed by atoms with Crippen molar-refractivity contribution in [3.8, 4) is 0 Å². The molecule has 3 atom stereocenters. The predicted octanol–water partition coefficient (Wildman–Crippen LogP) is 8.55. The maximum absolute atomic E-state index is 12.8. The van der Waals surface area contributed by atoms with E-state index in [1.807, 2.05) is 26.0 Å². The number of allylic oxidation sites excluding steroid dienone is 1. The second-order valence-electron chi connectivity index (χ2n) is 13.9. The van der Waals surface area contributed by atoms with Gasteiger partial charge in [-0.3, -0.25) is 14.6 Å². The zero-order valence-corrected chi connectivity index (χ0v) is 30.7. The number of aryl methyl sites for hydroxylation is 3. The van der Waals surface area contributed by atoms with Crippen LogP contribution in [0.5, 0.6) is 0 Å². The van der Waals surface area contributed by atoms with Crippen molar-refractivity contribution < 1.29 is 34.4 Å². The highest BCUT2D eigenvalue weighted by Gasteiger charge is 2.35. The van der Waals surface area contributed by atoms with E-state index < -0.39 is 30.2 Å². The highest BCUT2D eigenvalue weighted by Crippen LogP contribution is 2.44. The van der Waals surface area contributed by atoms with Crippen LogP contribution in [0, 0.1) is 13.8 Å². The van der Waals surface area contributed by atoms with Gasteiger partial charge in [-0.2, -0.15) is 0 Å². The molecule has 2 aliphatic heterocycles. The predicted molar refractivity (Wildman–Crippen MR) is 198 cm³/mol. The van der Waals surface area contributed by atoms with Crippen LogP contribution in [0.15, 0.2) is 18.2 Å². The lowest BCUT2D eigenvalue weighted by atomic mass is 9.84. The number of aliphatic carboxylic acids is 3. The van der Waals surface area contributed by atoms with Crippen LogP contribution in [-0.4, -0.2) is 59.8 Å².